The van der Waals surface area contributed by atoms with Crippen LogP contribution in [0.4, 0.5) is 5.69 Å². The average molecular weight is 468 g/mol. The van der Waals surface area contributed by atoms with Crippen LogP contribution in [-0.2, 0) is 9.53 Å². The summed E-state index contributed by atoms with van der Waals surface area (Å²) in [7, 11) is 0. The molecule has 0 fully saturated rings. The number of hydrogen-bond donors (Lipinski definition) is 1. The Morgan fingerprint density at radius 3 is 2.22 bits per heavy atom. The second-order valence-corrected chi connectivity index (χ2v) is 7.60. The number of nitrogens with zero attached hydrogens (tertiary/aromatic N) is 2. The number of esters is 1. The van der Waals surface area contributed by atoms with Gasteiger partial charge in [-0.1, -0.05) is 59.6 Å². The van der Waals surface area contributed by atoms with Crippen LogP contribution < -0.4 is 10.9 Å². The highest BCUT2D eigenvalue weighted by Crippen LogP contribution is 2.22. The molecule has 32 heavy (non-hydrogen) atoms. The van der Waals surface area contributed by atoms with E-state index in [4.69, 9.17) is 27.9 Å². The Morgan fingerprint density at radius 2 is 1.53 bits per heavy atom. The summed E-state index contributed by atoms with van der Waals surface area (Å²) in [6.45, 7) is -0.566. The Hall–Kier alpha value is -3.68. The average Bonchev–Trinajstić information content (AvgIpc) is 2.78. The van der Waals surface area contributed by atoms with E-state index >= 15 is 0 Å². The molecule has 9 heteroatoms. The van der Waals surface area contributed by atoms with E-state index in [1.807, 2.05) is 0 Å². The molecule has 0 saturated heterocycles. The van der Waals surface area contributed by atoms with Gasteiger partial charge >= 0.3 is 5.97 Å². The monoisotopic (exact) mass is 467 g/mol. The maximum absolute atomic E-state index is 12.9. The molecule has 4 aromatic rings. The Balaban J connectivity index is 1.60. The highest BCUT2D eigenvalue weighted by atomic mass is 35.5. The van der Waals surface area contributed by atoms with Crippen LogP contribution >= 0.6 is 23.2 Å². The number of halogens is 2. The van der Waals surface area contributed by atoms with Gasteiger partial charge in [-0.15, -0.1) is 0 Å². The number of aromatic nitrogens is 2. The Morgan fingerprint density at radius 1 is 0.906 bits per heavy atom. The van der Waals surface area contributed by atoms with Gasteiger partial charge in [0, 0.05) is 21.1 Å². The predicted molar refractivity (Wildman–Crippen MR) is 123 cm³/mol. The minimum atomic E-state index is -0.842. The topological polar surface area (TPSA) is 90.3 Å². The molecule has 7 nitrogen and oxygen atoms in total. The summed E-state index contributed by atoms with van der Waals surface area (Å²) in [6.07, 6.45) is 0. The van der Waals surface area contributed by atoms with Gasteiger partial charge in [0.25, 0.3) is 11.5 Å². The van der Waals surface area contributed by atoms with Crippen molar-refractivity contribution in [2.45, 2.75) is 0 Å². The fourth-order valence-corrected chi connectivity index (χ4v) is 3.63. The molecule has 1 aromatic heterocycles. The SMILES string of the molecule is O=C(COC(=O)c1nn(-c2ccccc2)c(=O)c2ccccc12)Nc1cc(Cl)cc(Cl)c1. The first kappa shape index (κ1) is 21.5. The zero-order valence-corrected chi connectivity index (χ0v) is 17.9. The molecule has 0 unspecified atom stereocenters. The normalized spacial score (nSPS) is 10.7. The molecule has 1 N–H and O–H groups in total. The molecule has 1 heterocycles. The van der Waals surface area contributed by atoms with Gasteiger partial charge in [0.15, 0.2) is 12.3 Å². The Bertz CT molecular complexity index is 1370. The zero-order valence-electron chi connectivity index (χ0n) is 16.4. The van der Waals surface area contributed by atoms with E-state index in [1.54, 1.807) is 54.6 Å². The van der Waals surface area contributed by atoms with Crippen molar-refractivity contribution in [2.75, 3.05) is 11.9 Å². The highest BCUT2D eigenvalue weighted by molar-refractivity contribution is 6.35. The van der Waals surface area contributed by atoms with Gasteiger partial charge in [-0.05, 0) is 36.4 Å². The molecule has 0 spiro atoms. The zero-order chi connectivity index (χ0) is 22.7. The molecule has 1 amide bonds. The van der Waals surface area contributed by atoms with Gasteiger partial charge in [-0.3, -0.25) is 9.59 Å². The number of ether oxygens (including phenoxy) is 1. The van der Waals surface area contributed by atoms with Crippen LogP contribution in [0, 0.1) is 0 Å². The fraction of sp³-hybridized carbons (Fsp3) is 0.0435. The van der Waals surface area contributed by atoms with E-state index in [0.29, 0.717) is 32.2 Å². The summed E-state index contributed by atoms with van der Waals surface area (Å²) < 4.78 is 6.30. The smallest absolute Gasteiger partial charge is 0.359 e. The van der Waals surface area contributed by atoms with Crippen LogP contribution in [-0.4, -0.2) is 28.3 Å². The number of hydrogen-bond acceptors (Lipinski definition) is 5. The van der Waals surface area contributed by atoms with Crippen LogP contribution in [0.5, 0.6) is 0 Å². The first-order valence-electron chi connectivity index (χ1n) is 9.43. The molecule has 4 rings (SSSR count). The summed E-state index contributed by atoms with van der Waals surface area (Å²) in [5.74, 6) is -1.43. The molecule has 0 bridgehead atoms. The summed E-state index contributed by atoms with van der Waals surface area (Å²) in [5.41, 5.74) is 0.402. The van der Waals surface area contributed by atoms with Gasteiger partial charge in [0.2, 0.25) is 0 Å². The third kappa shape index (κ3) is 4.64. The number of carbonyl (C=O) groups is 2. The van der Waals surface area contributed by atoms with E-state index in [0.717, 1.165) is 4.68 Å². The standard InChI is InChI=1S/C23H15Cl2N3O4/c24-14-10-15(25)12-16(11-14)26-20(29)13-32-23(31)21-18-8-4-5-9-19(18)22(30)28(27-21)17-6-2-1-3-7-17/h1-12H,13H2,(H,26,29). The number of rotatable bonds is 5. The number of para-hydroxylation sites is 1. The van der Waals surface area contributed by atoms with Crippen molar-refractivity contribution in [3.63, 3.8) is 0 Å². The first-order valence-corrected chi connectivity index (χ1v) is 10.2. The van der Waals surface area contributed by atoms with Crippen molar-refractivity contribution >= 4 is 51.5 Å². The lowest BCUT2D eigenvalue weighted by atomic mass is 10.1. The lowest BCUT2D eigenvalue weighted by molar-refractivity contribution is -0.119. The summed E-state index contributed by atoms with van der Waals surface area (Å²) in [5, 5.41) is 8.11. The second-order valence-electron chi connectivity index (χ2n) is 6.73. The van der Waals surface area contributed by atoms with E-state index in [2.05, 4.69) is 10.4 Å². The maximum Gasteiger partial charge on any atom is 0.359 e. The Kier molecular flexibility index (Phi) is 6.20. The number of carbonyl (C=O) groups excluding carboxylic acids is 2. The number of nitrogens with one attached hydrogen (secondary N) is 1. The maximum atomic E-state index is 12.9. The summed E-state index contributed by atoms with van der Waals surface area (Å²) in [4.78, 5) is 37.9. The molecule has 3 aromatic carbocycles. The largest absolute Gasteiger partial charge is 0.451 e. The van der Waals surface area contributed by atoms with E-state index in [-0.39, 0.29) is 11.3 Å². The molecular formula is C23H15Cl2N3O4. The molecule has 0 saturated carbocycles. The van der Waals surface area contributed by atoms with Crippen LogP contribution in [0.2, 0.25) is 10.0 Å². The molecule has 160 valence electrons. The molecule has 0 aliphatic rings. The molecule has 0 atom stereocenters. The summed E-state index contributed by atoms with van der Waals surface area (Å²) in [6, 6.07) is 19.8. The lowest BCUT2D eigenvalue weighted by Gasteiger charge is -2.11. The van der Waals surface area contributed by atoms with Crippen LogP contribution in [0.3, 0.4) is 0 Å². The van der Waals surface area contributed by atoms with Crippen LogP contribution in [0.25, 0.3) is 16.5 Å². The second kappa shape index (κ2) is 9.21. The molecule has 0 aliphatic carbocycles. The van der Waals surface area contributed by atoms with Gasteiger partial charge < -0.3 is 10.1 Å². The van der Waals surface area contributed by atoms with E-state index in [9.17, 15) is 14.4 Å². The van der Waals surface area contributed by atoms with Crippen LogP contribution in [0.1, 0.15) is 10.5 Å². The van der Waals surface area contributed by atoms with Gasteiger partial charge in [-0.25, -0.2) is 4.79 Å². The van der Waals surface area contributed by atoms with Gasteiger partial charge in [0.05, 0.1) is 11.1 Å². The van der Waals surface area contributed by atoms with E-state index in [1.165, 1.54) is 18.2 Å². The molecular weight excluding hydrogens is 453 g/mol. The van der Waals surface area contributed by atoms with Crippen molar-refractivity contribution in [3.8, 4) is 5.69 Å². The van der Waals surface area contributed by atoms with Crippen molar-refractivity contribution in [3.05, 3.63) is 98.9 Å². The predicted octanol–water partition coefficient (Wildman–Crippen LogP) is 4.49. The van der Waals surface area contributed by atoms with Crippen molar-refractivity contribution in [2.24, 2.45) is 0 Å². The van der Waals surface area contributed by atoms with Gasteiger partial charge in [0.1, 0.15) is 0 Å². The third-order valence-electron chi connectivity index (χ3n) is 4.48. The minimum absolute atomic E-state index is 0.0809. The summed E-state index contributed by atoms with van der Waals surface area (Å²) >= 11 is 11.8. The number of benzene rings is 3. The first-order chi connectivity index (χ1) is 15.4. The number of amides is 1. The van der Waals surface area contributed by atoms with Crippen molar-refractivity contribution in [1.29, 1.82) is 0 Å². The number of anilines is 1. The van der Waals surface area contributed by atoms with Crippen molar-refractivity contribution < 1.29 is 14.3 Å². The Labute approximate surface area is 192 Å². The lowest BCUT2D eigenvalue weighted by Crippen LogP contribution is -2.26. The molecule has 0 aliphatic heterocycles. The minimum Gasteiger partial charge on any atom is -0.451 e. The van der Waals surface area contributed by atoms with E-state index < -0.39 is 18.5 Å². The van der Waals surface area contributed by atoms with Crippen molar-refractivity contribution in [1.82, 2.24) is 9.78 Å². The number of fused-ring (bicyclic) bond motifs is 1. The fourth-order valence-electron chi connectivity index (χ4n) is 3.11. The highest BCUT2D eigenvalue weighted by Gasteiger charge is 2.19. The van der Waals surface area contributed by atoms with Crippen LogP contribution in [0.15, 0.2) is 77.6 Å². The molecule has 0 radical (unpaired) electrons. The third-order valence-corrected chi connectivity index (χ3v) is 4.92. The van der Waals surface area contributed by atoms with Gasteiger partial charge in [-0.2, -0.15) is 9.78 Å². The quantitative estimate of drug-likeness (QED) is 0.436.